The molecule has 0 heterocycles. The summed E-state index contributed by atoms with van der Waals surface area (Å²) in [6, 6.07) is 2.76. The first kappa shape index (κ1) is 15.8. The molecule has 0 N–H and O–H groups in total. The van der Waals surface area contributed by atoms with Crippen LogP contribution in [0.1, 0.15) is 71.6 Å². The van der Waals surface area contributed by atoms with Gasteiger partial charge in [0, 0.05) is 13.0 Å². The third kappa shape index (κ3) is 3.03. The van der Waals surface area contributed by atoms with Crippen LogP contribution in [0.5, 0.6) is 0 Å². The van der Waals surface area contributed by atoms with Gasteiger partial charge in [-0.3, -0.25) is 0 Å². The highest BCUT2D eigenvalue weighted by Crippen LogP contribution is 2.57. The van der Waals surface area contributed by atoms with E-state index in [1.165, 1.54) is 44.9 Å². The molecule has 2 nitrogen and oxygen atoms in total. The summed E-state index contributed by atoms with van der Waals surface area (Å²) in [5.74, 6) is 1.94. The maximum absolute atomic E-state index is 9.87. The first-order chi connectivity index (χ1) is 9.64. The van der Waals surface area contributed by atoms with Crippen molar-refractivity contribution in [2.75, 3.05) is 7.11 Å². The number of hydrogen-bond acceptors (Lipinski definition) is 2. The Hall–Kier alpha value is -0.550. The van der Waals surface area contributed by atoms with E-state index < -0.39 is 0 Å². The third-order valence-corrected chi connectivity index (χ3v) is 5.84. The lowest BCUT2D eigenvalue weighted by Gasteiger charge is -2.42. The summed E-state index contributed by atoms with van der Waals surface area (Å²) in [5.41, 5.74) is -0.0588. The predicted molar refractivity (Wildman–Crippen MR) is 82.2 cm³/mol. The molecule has 2 aliphatic carbocycles. The number of hydrogen-bond donors (Lipinski definition) is 0. The lowest BCUT2D eigenvalue weighted by atomic mass is 9.63. The Bertz CT molecular complexity index is 346. The molecule has 4 atom stereocenters. The van der Waals surface area contributed by atoms with Crippen molar-refractivity contribution in [2.24, 2.45) is 23.2 Å². The van der Waals surface area contributed by atoms with Crippen LogP contribution < -0.4 is 0 Å². The van der Waals surface area contributed by atoms with Gasteiger partial charge in [-0.1, -0.05) is 33.1 Å². The van der Waals surface area contributed by atoms with Gasteiger partial charge in [-0.25, -0.2) is 0 Å². The molecule has 2 saturated carbocycles. The highest BCUT2D eigenvalue weighted by atomic mass is 16.5. The molecular formula is C18H31NO. The van der Waals surface area contributed by atoms with Crippen LogP contribution in [0.2, 0.25) is 0 Å². The van der Waals surface area contributed by atoms with Gasteiger partial charge in [0.1, 0.15) is 0 Å². The molecule has 114 valence electrons. The van der Waals surface area contributed by atoms with Crippen LogP contribution >= 0.6 is 0 Å². The first-order valence-corrected chi connectivity index (χ1v) is 8.58. The fourth-order valence-electron chi connectivity index (χ4n) is 4.76. The van der Waals surface area contributed by atoms with Gasteiger partial charge in [0.25, 0.3) is 0 Å². The van der Waals surface area contributed by atoms with E-state index >= 15 is 0 Å². The van der Waals surface area contributed by atoms with Crippen molar-refractivity contribution in [1.82, 2.24) is 0 Å². The minimum Gasteiger partial charge on any atom is -0.381 e. The van der Waals surface area contributed by atoms with Crippen LogP contribution in [0.15, 0.2) is 0 Å². The number of unbranched alkanes of at least 4 members (excludes halogenated alkanes) is 1. The number of methoxy groups -OCH3 is 1. The fraction of sp³-hybridized carbons (Fsp3) is 0.944. The molecule has 2 fully saturated rings. The van der Waals surface area contributed by atoms with Crippen LogP contribution in [0.25, 0.3) is 0 Å². The Morgan fingerprint density at radius 2 is 2.05 bits per heavy atom. The Kier molecular flexibility index (Phi) is 5.49. The molecule has 2 heteroatoms. The summed E-state index contributed by atoms with van der Waals surface area (Å²) in [5, 5.41) is 9.87. The zero-order valence-corrected chi connectivity index (χ0v) is 13.5. The summed E-state index contributed by atoms with van der Waals surface area (Å²) in [7, 11) is 1.83. The Balaban J connectivity index is 1.95. The van der Waals surface area contributed by atoms with Crippen molar-refractivity contribution in [3.05, 3.63) is 0 Å². The monoisotopic (exact) mass is 277 g/mol. The van der Waals surface area contributed by atoms with E-state index in [2.05, 4.69) is 19.9 Å². The second kappa shape index (κ2) is 6.94. The molecule has 0 aliphatic heterocycles. The summed E-state index contributed by atoms with van der Waals surface area (Å²) in [6.07, 6.45) is 11.5. The zero-order chi connectivity index (χ0) is 14.6. The largest absolute Gasteiger partial charge is 0.381 e. The molecule has 0 aromatic carbocycles. The molecule has 0 aromatic heterocycles. The summed E-state index contributed by atoms with van der Waals surface area (Å²) in [6.45, 7) is 4.60. The Morgan fingerprint density at radius 3 is 2.70 bits per heavy atom. The second-order valence-electron chi connectivity index (χ2n) is 7.38. The van der Waals surface area contributed by atoms with Crippen LogP contribution in [-0.2, 0) is 4.74 Å². The normalized spacial score (nSPS) is 36.9. The van der Waals surface area contributed by atoms with Crippen molar-refractivity contribution >= 4 is 0 Å². The zero-order valence-electron chi connectivity index (χ0n) is 13.5. The average molecular weight is 277 g/mol. The van der Waals surface area contributed by atoms with E-state index in [9.17, 15) is 5.26 Å². The minimum absolute atomic E-state index is 0.0588. The number of rotatable bonds is 6. The highest BCUT2D eigenvalue weighted by molar-refractivity contribution is 5.14. The van der Waals surface area contributed by atoms with Crippen molar-refractivity contribution < 1.29 is 4.74 Å². The van der Waals surface area contributed by atoms with E-state index in [1.54, 1.807) is 0 Å². The van der Waals surface area contributed by atoms with Gasteiger partial charge in [-0.2, -0.15) is 5.26 Å². The Labute approximate surface area is 124 Å². The fourth-order valence-corrected chi connectivity index (χ4v) is 4.76. The molecule has 0 radical (unpaired) electrons. The summed E-state index contributed by atoms with van der Waals surface area (Å²) < 4.78 is 5.69. The lowest BCUT2D eigenvalue weighted by Crippen LogP contribution is -2.41. The van der Waals surface area contributed by atoms with E-state index in [0.717, 1.165) is 18.8 Å². The topological polar surface area (TPSA) is 33.0 Å². The summed E-state index contributed by atoms with van der Waals surface area (Å²) >= 11 is 0. The third-order valence-electron chi connectivity index (χ3n) is 5.84. The minimum atomic E-state index is -0.0588. The molecule has 0 saturated heterocycles. The molecule has 0 amide bonds. The summed E-state index contributed by atoms with van der Waals surface area (Å²) in [4.78, 5) is 0. The van der Waals surface area contributed by atoms with Gasteiger partial charge < -0.3 is 4.74 Å². The molecule has 1 unspecified atom stereocenters. The van der Waals surface area contributed by atoms with Gasteiger partial charge >= 0.3 is 0 Å². The van der Waals surface area contributed by atoms with Crippen LogP contribution in [0.3, 0.4) is 0 Å². The Morgan fingerprint density at radius 1 is 1.25 bits per heavy atom. The predicted octanol–water partition coefficient (Wildman–Crippen LogP) is 4.94. The smallest absolute Gasteiger partial charge is 0.0696 e. The van der Waals surface area contributed by atoms with Gasteiger partial charge in [-0.15, -0.1) is 0 Å². The molecule has 0 spiro atoms. The van der Waals surface area contributed by atoms with Gasteiger partial charge in [0.15, 0.2) is 0 Å². The number of ether oxygens (including phenoxy) is 1. The lowest BCUT2D eigenvalue weighted by molar-refractivity contribution is -0.0267. The SMILES string of the molecule is CO[C@H]1CCCC2(C#N)[C@@H](CCCCC(C)C)CC[C@@H]12. The first-order valence-electron chi connectivity index (χ1n) is 8.58. The van der Waals surface area contributed by atoms with E-state index in [1.807, 2.05) is 7.11 Å². The van der Waals surface area contributed by atoms with E-state index in [0.29, 0.717) is 17.9 Å². The van der Waals surface area contributed by atoms with E-state index in [-0.39, 0.29) is 5.41 Å². The molecule has 20 heavy (non-hydrogen) atoms. The average Bonchev–Trinajstić information content (AvgIpc) is 2.82. The maximum Gasteiger partial charge on any atom is 0.0696 e. The van der Waals surface area contributed by atoms with Crippen molar-refractivity contribution in [1.29, 1.82) is 5.26 Å². The van der Waals surface area contributed by atoms with Crippen LogP contribution in [0, 0.1) is 34.5 Å². The quantitative estimate of drug-likeness (QED) is 0.644. The standard InChI is InChI=1S/C18H31NO/c1-14(2)7-4-5-8-15-10-11-16-17(20-3)9-6-12-18(15,16)13-19/h14-17H,4-12H2,1-3H3/t15-,16-,17-,18?/m0/s1. The number of fused-ring (bicyclic) bond motifs is 1. The van der Waals surface area contributed by atoms with Gasteiger partial charge in [-0.05, 0) is 50.4 Å². The van der Waals surface area contributed by atoms with Crippen LogP contribution in [-0.4, -0.2) is 13.2 Å². The molecule has 0 bridgehead atoms. The van der Waals surface area contributed by atoms with Gasteiger partial charge in [0.05, 0.1) is 17.6 Å². The molecular weight excluding hydrogens is 246 g/mol. The number of nitriles is 1. The molecule has 2 rings (SSSR count). The van der Waals surface area contributed by atoms with Gasteiger partial charge in [0.2, 0.25) is 0 Å². The molecule has 0 aromatic rings. The maximum atomic E-state index is 9.87. The molecule has 2 aliphatic rings. The van der Waals surface area contributed by atoms with E-state index in [4.69, 9.17) is 4.74 Å². The second-order valence-corrected chi connectivity index (χ2v) is 7.38. The van der Waals surface area contributed by atoms with Crippen LogP contribution in [0.4, 0.5) is 0 Å². The van der Waals surface area contributed by atoms with Crippen molar-refractivity contribution in [2.45, 2.75) is 77.7 Å². The van der Waals surface area contributed by atoms with Crippen molar-refractivity contribution in [3.8, 4) is 6.07 Å². The number of nitrogens with zero attached hydrogens (tertiary/aromatic N) is 1. The van der Waals surface area contributed by atoms with Crippen molar-refractivity contribution in [3.63, 3.8) is 0 Å². The highest BCUT2D eigenvalue weighted by Gasteiger charge is 2.54.